The van der Waals surface area contributed by atoms with Gasteiger partial charge in [0.25, 0.3) is 0 Å². The van der Waals surface area contributed by atoms with Gasteiger partial charge in [-0.05, 0) is 43.6 Å². The van der Waals surface area contributed by atoms with Gasteiger partial charge in [0.2, 0.25) is 0 Å². The van der Waals surface area contributed by atoms with Crippen LogP contribution in [0.25, 0.3) is 0 Å². The second-order valence-corrected chi connectivity index (χ2v) is 7.28. The van der Waals surface area contributed by atoms with E-state index in [1.165, 1.54) is 19.9 Å². The minimum Gasteiger partial charge on any atom is -0.493 e. The van der Waals surface area contributed by atoms with Crippen LogP contribution < -0.4 is 0 Å². The van der Waals surface area contributed by atoms with E-state index in [1.54, 1.807) is 6.08 Å². The Morgan fingerprint density at radius 3 is 2.77 bits per heavy atom. The average molecular weight is 360 g/mol. The predicted octanol–water partition coefficient (Wildman–Crippen LogP) is 3.26. The molecule has 0 saturated carbocycles. The summed E-state index contributed by atoms with van der Waals surface area (Å²) in [5.41, 5.74) is 0.0997. The van der Waals surface area contributed by atoms with Gasteiger partial charge in [0, 0.05) is 6.92 Å². The molecule has 1 aliphatic heterocycles. The van der Waals surface area contributed by atoms with Crippen molar-refractivity contribution in [3.05, 3.63) is 47.3 Å². The van der Waals surface area contributed by atoms with E-state index < -0.39 is 23.5 Å². The van der Waals surface area contributed by atoms with Crippen LogP contribution in [0.3, 0.4) is 0 Å². The van der Waals surface area contributed by atoms with Gasteiger partial charge < -0.3 is 14.6 Å². The molecule has 5 heteroatoms. The summed E-state index contributed by atoms with van der Waals surface area (Å²) in [6, 6.07) is 0. The number of ether oxygens (including phenoxy) is 2. The van der Waals surface area contributed by atoms with Crippen molar-refractivity contribution >= 4 is 11.8 Å². The third kappa shape index (κ3) is 4.52. The summed E-state index contributed by atoms with van der Waals surface area (Å²) in [6.07, 6.45) is 9.35. The standard InChI is InChI=1S/C21H28O5/c1-6-13(2)9-14(3)7-8-17-10-16-11-19(23)21(5,24)20(26-15(4)22)18(16)12-25-17/h7-11,13,18,20,24H,6,12H2,1-5H3. The van der Waals surface area contributed by atoms with Crippen LogP contribution >= 0.6 is 0 Å². The number of aliphatic hydroxyl groups is 1. The SMILES string of the molecule is CCC(C)C=C(C)C=CC1=CC2=CC(=O)C(C)(O)C(OC(C)=O)C2CO1. The molecule has 142 valence electrons. The zero-order valence-electron chi connectivity index (χ0n) is 16.1. The first-order valence-electron chi connectivity index (χ1n) is 9.01. The van der Waals surface area contributed by atoms with Crippen LogP contribution in [0.4, 0.5) is 0 Å². The summed E-state index contributed by atoms with van der Waals surface area (Å²) >= 11 is 0. The molecule has 0 spiro atoms. The molecule has 2 rings (SSSR count). The number of carbonyl (C=O) groups excluding carboxylic acids is 2. The van der Waals surface area contributed by atoms with Crippen molar-refractivity contribution in [3.63, 3.8) is 0 Å². The molecule has 0 aromatic carbocycles. The lowest BCUT2D eigenvalue weighted by atomic mass is 9.75. The molecule has 26 heavy (non-hydrogen) atoms. The molecule has 1 N–H and O–H groups in total. The summed E-state index contributed by atoms with van der Waals surface area (Å²) in [6.45, 7) is 9.21. The van der Waals surface area contributed by atoms with Gasteiger partial charge in [-0.3, -0.25) is 9.59 Å². The lowest BCUT2D eigenvalue weighted by Gasteiger charge is -2.41. The topological polar surface area (TPSA) is 72.8 Å². The van der Waals surface area contributed by atoms with Crippen molar-refractivity contribution in [2.24, 2.45) is 11.8 Å². The molecule has 0 bridgehead atoms. The molecule has 0 aromatic rings. The monoisotopic (exact) mass is 360 g/mol. The Kier molecular flexibility index (Phi) is 6.24. The van der Waals surface area contributed by atoms with Crippen molar-refractivity contribution < 1.29 is 24.2 Å². The Morgan fingerprint density at radius 1 is 1.46 bits per heavy atom. The smallest absolute Gasteiger partial charge is 0.303 e. The van der Waals surface area contributed by atoms with Crippen LogP contribution in [0, 0.1) is 11.8 Å². The number of carbonyl (C=O) groups is 2. The van der Waals surface area contributed by atoms with Crippen LogP contribution in [0.1, 0.15) is 41.0 Å². The predicted molar refractivity (Wildman–Crippen MR) is 99.1 cm³/mol. The molecule has 0 saturated heterocycles. The molecule has 0 aromatic heterocycles. The fourth-order valence-electron chi connectivity index (χ4n) is 3.14. The maximum atomic E-state index is 12.3. The second kappa shape index (κ2) is 8.04. The Balaban J connectivity index is 2.25. The van der Waals surface area contributed by atoms with E-state index >= 15 is 0 Å². The fourth-order valence-corrected chi connectivity index (χ4v) is 3.14. The van der Waals surface area contributed by atoms with Crippen LogP contribution in [0.2, 0.25) is 0 Å². The second-order valence-electron chi connectivity index (χ2n) is 7.28. The number of allylic oxidation sites excluding steroid dienone is 5. The fraction of sp³-hybridized carbons (Fsp3) is 0.524. The number of fused-ring (bicyclic) bond motifs is 1. The third-order valence-electron chi connectivity index (χ3n) is 4.88. The summed E-state index contributed by atoms with van der Waals surface area (Å²) in [5, 5.41) is 10.5. The Morgan fingerprint density at radius 2 is 2.15 bits per heavy atom. The van der Waals surface area contributed by atoms with Crippen molar-refractivity contribution in [3.8, 4) is 0 Å². The Hall–Kier alpha value is -2.14. The van der Waals surface area contributed by atoms with Gasteiger partial charge in [0.15, 0.2) is 11.4 Å². The average Bonchev–Trinajstić information content (AvgIpc) is 2.57. The van der Waals surface area contributed by atoms with Gasteiger partial charge in [-0.1, -0.05) is 38.0 Å². The lowest BCUT2D eigenvalue weighted by molar-refractivity contribution is -0.174. The first-order chi connectivity index (χ1) is 12.1. The lowest BCUT2D eigenvalue weighted by Crippen LogP contribution is -2.56. The molecule has 1 aliphatic carbocycles. The van der Waals surface area contributed by atoms with Gasteiger partial charge in [-0.2, -0.15) is 0 Å². The number of esters is 1. The maximum absolute atomic E-state index is 12.3. The van der Waals surface area contributed by atoms with Gasteiger partial charge in [0.05, 0.1) is 12.5 Å². The van der Waals surface area contributed by atoms with Crippen molar-refractivity contribution in [1.82, 2.24) is 0 Å². The zero-order valence-corrected chi connectivity index (χ0v) is 16.1. The number of rotatable bonds is 5. The highest BCUT2D eigenvalue weighted by atomic mass is 16.6. The maximum Gasteiger partial charge on any atom is 0.303 e. The Bertz CT molecular complexity index is 693. The van der Waals surface area contributed by atoms with E-state index in [-0.39, 0.29) is 12.5 Å². The van der Waals surface area contributed by atoms with Gasteiger partial charge in [-0.15, -0.1) is 0 Å². The van der Waals surface area contributed by atoms with Crippen molar-refractivity contribution in [2.75, 3.05) is 6.61 Å². The van der Waals surface area contributed by atoms with E-state index in [0.29, 0.717) is 17.3 Å². The minimum absolute atomic E-state index is 0.234. The molecule has 2 aliphatic rings. The zero-order chi connectivity index (χ0) is 19.5. The molecule has 4 atom stereocenters. The molecule has 1 heterocycles. The molecule has 5 nitrogen and oxygen atoms in total. The van der Waals surface area contributed by atoms with Gasteiger partial charge in [-0.25, -0.2) is 0 Å². The quantitative estimate of drug-likeness (QED) is 0.602. The number of hydrogen-bond acceptors (Lipinski definition) is 5. The number of hydrogen-bond donors (Lipinski definition) is 1. The summed E-state index contributed by atoms with van der Waals surface area (Å²) in [7, 11) is 0. The minimum atomic E-state index is -1.75. The highest BCUT2D eigenvalue weighted by Crippen LogP contribution is 2.37. The first-order valence-corrected chi connectivity index (χ1v) is 9.01. The van der Waals surface area contributed by atoms with Crippen LogP contribution in [-0.4, -0.2) is 35.2 Å². The normalized spacial score (nSPS) is 30.2. The number of ketones is 1. The van der Waals surface area contributed by atoms with Crippen LogP contribution in [0.15, 0.2) is 47.3 Å². The third-order valence-corrected chi connectivity index (χ3v) is 4.88. The van der Waals surface area contributed by atoms with Gasteiger partial charge in [0.1, 0.15) is 11.9 Å². The van der Waals surface area contributed by atoms with E-state index in [4.69, 9.17) is 9.47 Å². The Labute approximate surface area is 155 Å². The summed E-state index contributed by atoms with van der Waals surface area (Å²) < 4.78 is 11.0. The van der Waals surface area contributed by atoms with Crippen LogP contribution in [0.5, 0.6) is 0 Å². The van der Waals surface area contributed by atoms with E-state index in [2.05, 4.69) is 19.9 Å². The molecule has 0 radical (unpaired) electrons. The van der Waals surface area contributed by atoms with Crippen molar-refractivity contribution in [2.45, 2.75) is 52.7 Å². The van der Waals surface area contributed by atoms with E-state index in [1.807, 2.05) is 19.1 Å². The highest BCUT2D eigenvalue weighted by Gasteiger charge is 2.50. The summed E-state index contributed by atoms with van der Waals surface area (Å²) in [5.74, 6) is -0.231. The van der Waals surface area contributed by atoms with Gasteiger partial charge >= 0.3 is 5.97 Å². The first kappa shape index (κ1) is 20.2. The van der Waals surface area contributed by atoms with E-state index in [9.17, 15) is 14.7 Å². The molecule has 0 amide bonds. The largest absolute Gasteiger partial charge is 0.493 e. The van der Waals surface area contributed by atoms with E-state index in [0.717, 1.165) is 12.0 Å². The summed E-state index contributed by atoms with van der Waals surface area (Å²) in [4.78, 5) is 23.7. The molecular weight excluding hydrogens is 332 g/mol. The molecular formula is C21H28O5. The van der Waals surface area contributed by atoms with Crippen LogP contribution in [-0.2, 0) is 19.1 Å². The molecule has 4 unspecified atom stereocenters. The highest BCUT2D eigenvalue weighted by molar-refractivity contribution is 5.99. The molecule has 0 fully saturated rings. The van der Waals surface area contributed by atoms with Crippen molar-refractivity contribution in [1.29, 1.82) is 0 Å².